The molecule has 0 bridgehead atoms. The fourth-order valence-corrected chi connectivity index (χ4v) is 5.53. The average Bonchev–Trinajstić information content (AvgIpc) is 2.82. The maximum absolute atomic E-state index is 2.50. The molecule has 2 aliphatic rings. The summed E-state index contributed by atoms with van der Waals surface area (Å²) in [5.41, 5.74) is 8.27. The quantitative estimate of drug-likeness (QED) is 0.434. The van der Waals surface area contributed by atoms with Gasteiger partial charge in [0.2, 0.25) is 0 Å². The van der Waals surface area contributed by atoms with Crippen molar-refractivity contribution in [3.05, 3.63) is 89.1 Å². The molecule has 32 heavy (non-hydrogen) atoms. The van der Waals surface area contributed by atoms with E-state index in [1.165, 1.54) is 63.8 Å². The van der Waals surface area contributed by atoms with E-state index < -0.39 is 0 Å². The first kappa shape index (κ1) is 20.9. The monoisotopic (exact) mass is 422 g/mol. The van der Waals surface area contributed by atoms with Gasteiger partial charge in [-0.1, -0.05) is 62.4 Å². The highest BCUT2D eigenvalue weighted by atomic mass is 15.1. The summed E-state index contributed by atoms with van der Waals surface area (Å²) in [6, 6.07) is 20.3. The summed E-state index contributed by atoms with van der Waals surface area (Å²) in [5, 5.41) is 2.68. The molecule has 2 nitrogen and oxygen atoms in total. The third-order valence-corrected chi connectivity index (χ3v) is 7.35. The Balaban J connectivity index is 1.54. The second kappa shape index (κ2) is 8.16. The summed E-state index contributed by atoms with van der Waals surface area (Å²) in [6.45, 7) is 12.5. The number of aryl methyl sites for hydroxylation is 1. The average molecular weight is 423 g/mol. The van der Waals surface area contributed by atoms with Gasteiger partial charge in [0.05, 0.1) is 0 Å². The number of nitrogens with zero attached hydrogens (tertiary/aromatic N) is 2. The first-order valence-corrected chi connectivity index (χ1v) is 12.1. The Labute approximate surface area is 192 Å². The van der Waals surface area contributed by atoms with Crippen LogP contribution in [0.25, 0.3) is 16.8 Å². The van der Waals surface area contributed by atoms with E-state index in [-0.39, 0.29) is 5.41 Å². The lowest BCUT2D eigenvalue weighted by Crippen LogP contribution is -2.32. The van der Waals surface area contributed by atoms with Crippen LogP contribution < -0.4 is 9.80 Å². The first-order valence-electron chi connectivity index (χ1n) is 12.1. The molecule has 164 valence electrons. The van der Waals surface area contributed by atoms with Gasteiger partial charge in [0.25, 0.3) is 0 Å². The Bertz CT molecular complexity index is 1210. The SMILES string of the molecule is CCN1C=C(/C=C\c2ccc3c(c2)CCCN3CC)C(C)(C)c2c1ccc1ccccc21. The zero-order chi connectivity index (χ0) is 22.3. The van der Waals surface area contributed by atoms with E-state index >= 15 is 0 Å². The molecule has 0 saturated heterocycles. The van der Waals surface area contributed by atoms with Gasteiger partial charge in [-0.05, 0) is 77.9 Å². The van der Waals surface area contributed by atoms with Crippen LogP contribution in [0.15, 0.2) is 72.4 Å². The maximum atomic E-state index is 2.50. The molecule has 5 rings (SSSR count). The Morgan fingerprint density at radius 3 is 2.53 bits per heavy atom. The van der Waals surface area contributed by atoms with Gasteiger partial charge in [-0.15, -0.1) is 0 Å². The van der Waals surface area contributed by atoms with Crippen LogP contribution in [0.5, 0.6) is 0 Å². The molecule has 0 N–H and O–H groups in total. The van der Waals surface area contributed by atoms with Crippen LogP contribution in [0.4, 0.5) is 11.4 Å². The summed E-state index contributed by atoms with van der Waals surface area (Å²) < 4.78 is 0. The van der Waals surface area contributed by atoms with E-state index in [0.717, 1.165) is 13.1 Å². The highest BCUT2D eigenvalue weighted by Crippen LogP contribution is 2.46. The summed E-state index contributed by atoms with van der Waals surface area (Å²) in [6.07, 6.45) is 9.44. The Morgan fingerprint density at radius 1 is 0.906 bits per heavy atom. The van der Waals surface area contributed by atoms with E-state index in [9.17, 15) is 0 Å². The molecule has 2 aliphatic heterocycles. The fraction of sp³-hybridized carbons (Fsp3) is 0.333. The second-order valence-corrected chi connectivity index (χ2v) is 9.58. The van der Waals surface area contributed by atoms with Crippen molar-refractivity contribution in [2.75, 3.05) is 29.4 Å². The molecular formula is C30H34N2. The fourth-order valence-electron chi connectivity index (χ4n) is 5.53. The number of hydrogen-bond acceptors (Lipinski definition) is 2. The normalized spacial score (nSPS) is 17.4. The molecule has 0 radical (unpaired) electrons. The van der Waals surface area contributed by atoms with Gasteiger partial charge in [-0.2, -0.15) is 0 Å². The van der Waals surface area contributed by atoms with Gasteiger partial charge in [-0.3, -0.25) is 0 Å². The van der Waals surface area contributed by atoms with Crippen LogP contribution in [0.1, 0.15) is 50.8 Å². The van der Waals surface area contributed by atoms with E-state index in [1.54, 1.807) is 0 Å². The Morgan fingerprint density at radius 2 is 1.72 bits per heavy atom. The third-order valence-electron chi connectivity index (χ3n) is 7.35. The van der Waals surface area contributed by atoms with E-state index in [1.807, 2.05) is 0 Å². The largest absolute Gasteiger partial charge is 0.372 e. The lowest BCUT2D eigenvalue weighted by atomic mass is 9.73. The summed E-state index contributed by atoms with van der Waals surface area (Å²) in [5.74, 6) is 0. The van der Waals surface area contributed by atoms with Crippen molar-refractivity contribution >= 4 is 28.2 Å². The predicted molar refractivity (Wildman–Crippen MR) is 140 cm³/mol. The third kappa shape index (κ3) is 3.43. The highest BCUT2D eigenvalue weighted by Gasteiger charge is 2.34. The summed E-state index contributed by atoms with van der Waals surface area (Å²) in [4.78, 5) is 4.90. The van der Waals surface area contributed by atoms with Crippen molar-refractivity contribution in [1.29, 1.82) is 0 Å². The predicted octanol–water partition coefficient (Wildman–Crippen LogP) is 7.33. The number of hydrogen-bond donors (Lipinski definition) is 0. The molecule has 0 saturated carbocycles. The van der Waals surface area contributed by atoms with Gasteiger partial charge < -0.3 is 9.80 Å². The molecule has 3 aromatic rings. The molecule has 2 heterocycles. The highest BCUT2D eigenvalue weighted by molar-refractivity contribution is 5.93. The van der Waals surface area contributed by atoms with Crippen LogP contribution >= 0.6 is 0 Å². The minimum Gasteiger partial charge on any atom is -0.372 e. The molecular weight excluding hydrogens is 388 g/mol. The van der Waals surface area contributed by atoms with Gasteiger partial charge in [0, 0.05) is 42.6 Å². The van der Waals surface area contributed by atoms with Crippen molar-refractivity contribution in [3.63, 3.8) is 0 Å². The topological polar surface area (TPSA) is 6.48 Å². The van der Waals surface area contributed by atoms with E-state index in [0.29, 0.717) is 0 Å². The molecule has 0 aromatic heterocycles. The van der Waals surface area contributed by atoms with Gasteiger partial charge in [0.1, 0.15) is 0 Å². The zero-order valence-electron chi connectivity index (χ0n) is 19.9. The number of allylic oxidation sites excluding steroid dienone is 2. The van der Waals surface area contributed by atoms with Crippen LogP contribution in [0.3, 0.4) is 0 Å². The van der Waals surface area contributed by atoms with Gasteiger partial charge in [0.15, 0.2) is 0 Å². The molecule has 0 unspecified atom stereocenters. The van der Waals surface area contributed by atoms with Crippen LogP contribution in [-0.4, -0.2) is 19.6 Å². The maximum Gasteiger partial charge on any atom is 0.0454 e. The zero-order valence-corrected chi connectivity index (χ0v) is 19.9. The molecule has 2 heteroatoms. The molecule has 0 atom stereocenters. The number of anilines is 2. The van der Waals surface area contributed by atoms with Crippen LogP contribution in [0.2, 0.25) is 0 Å². The molecule has 0 fully saturated rings. The van der Waals surface area contributed by atoms with Crippen molar-refractivity contribution in [2.45, 2.75) is 46.0 Å². The Kier molecular flexibility index (Phi) is 5.33. The smallest absolute Gasteiger partial charge is 0.0454 e. The van der Waals surface area contributed by atoms with Gasteiger partial charge in [-0.25, -0.2) is 0 Å². The second-order valence-electron chi connectivity index (χ2n) is 9.58. The van der Waals surface area contributed by atoms with Crippen molar-refractivity contribution in [3.8, 4) is 0 Å². The minimum absolute atomic E-state index is 0.0639. The van der Waals surface area contributed by atoms with E-state index in [4.69, 9.17) is 0 Å². The summed E-state index contributed by atoms with van der Waals surface area (Å²) in [7, 11) is 0. The lowest BCUT2D eigenvalue weighted by Gasteiger charge is -2.39. The van der Waals surface area contributed by atoms with E-state index in [2.05, 4.69) is 110 Å². The number of rotatable bonds is 4. The minimum atomic E-state index is -0.0639. The lowest BCUT2D eigenvalue weighted by molar-refractivity contribution is 0.628. The first-order chi connectivity index (χ1) is 15.5. The van der Waals surface area contributed by atoms with Crippen molar-refractivity contribution < 1.29 is 0 Å². The standard InChI is InChI=1S/C30H34N2/c1-5-31-19-9-11-24-20-22(14-17-27(24)31)13-16-25-21-32(6-2)28-18-15-23-10-7-8-12-26(23)29(28)30(25,3)4/h7-8,10,12-18,20-21H,5-6,9,11,19H2,1-4H3/b16-13-. The van der Waals surface area contributed by atoms with Crippen LogP contribution in [0, 0.1) is 0 Å². The molecule has 0 amide bonds. The number of fused-ring (bicyclic) bond motifs is 4. The molecule has 0 aliphatic carbocycles. The van der Waals surface area contributed by atoms with Gasteiger partial charge >= 0.3 is 0 Å². The van der Waals surface area contributed by atoms with Crippen molar-refractivity contribution in [1.82, 2.24) is 0 Å². The molecule has 3 aromatic carbocycles. The molecule has 0 spiro atoms. The Hall–Kier alpha value is -3.00. The number of benzene rings is 3. The van der Waals surface area contributed by atoms with Crippen molar-refractivity contribution in [2.24, 2.45) is 0 Å². The summed E-state index contributed by atoms with van der Waals surface area (Å²) >= 11 is 0. The van der Waals surface area contributed by atoms with Crippen LogP contribution in [-0.2, 0) is 11.8 Å².